The van der Waals surface area contributed by atoms with Gasteiger partial charge in [0.15, 0.2) is 0 Å². The number of carbonyl (C=O) groups excluding carboxylic acids is 1. The van der Waals surface area contributed by atoms with Crippen LogP contribution in [0.4, 0.5) is 10.1 Å². The molecule has 1 aromatic carbocycles. The summed E-state index contributed by atoms with van der Waals surface area (Å²) in [5.41, 5.74) is 7.53. The highest BCUT2D eigenvalue weighted by atomic mass is 19.1. The molecule has 0 bridgehead atoms. The van der Waals surface area contributed by atoms with Gasteiger partial charge in [0, 0.05) is 50.4 Å². The summed E-state index contributed by atoms with van der Waals surface area (Å²) in [6, 6.07) is 7.43. The zero-order valence-corrected chi connectivity index (χ0v) is 15.2. The zero-order chi connectivity index (χ0) is 17.8. The smallest absolute Gasteiger partial charge is 0.222 e. The molecule has 0 spiro atoms. The molecule has 2 unspecified atom stereocenters. The van der Waals surface area contributed by atoms with Crippen LogP contribution < -0.4 is 15.8 Å². The van der Waals surface area contributed by atoms with Gasteiger partial charge in [-0.3, -0.25) is 15.6 Å². The first-order valence-corrected chi connectivity index (χ1v) is 9.34. The van der Waals surface area contributed by atoms with E-state index in [4.69, 9.17) is 0 Å². The molecule has 0 radical (unpaired) electrons. The molecular weight excluding hydrogens is 319 g/mol. The van der Waals surface area contributed by atoms with Crippen molar-refractivity contribution in [2.24, 2.45) is 5.92 Å². The Balaban J connectivity index is 1.50. The molecule has 0 aromatic heterocycles. The van der Waals surface area contributed by atoms with Crippen molar-refractivity contribution >= 4 is 11.6 Å². The van der Waals surface area contributed by atoms with E-state index in [1.807, 2.05) is 17.0 Å². The van der Waals surface area contributed by atoms with E-state index >= 15 is 0 Å². The molecule has 25 heavy (non-hydrogen) atoms. The van der Waals surface area contributed by atoms with Gasteiger partial charge in [-0.15, -0.1) is 0 Å². The fraction of sp³-hybridized carbons (Fsp3) is 0.632. The number of benzene rings is 1. The van der Waals surface area contributed by atoms with E-state index in [2.05, 4.69) is 29.6 Å². The Morgan fingerprint density at radius 2 is 1.76 bits per heavy atom. The van der Waals surface area contributed by atoms with E-state index in [1.54, 1.807) is 0 Å². The summed E-state index contributed by atoms with van der Waals surface area (Å²) < 4.78 is 13.1. The van der Waals surface area contributed by atoms with Gasteiger partial charge in [-0.1, -0.05) is 0 Å². The van der Waals surface area contributed by atoms with Gasteiger partial charge in [0.05, 0.1) is 0 Å². The Bertz CT molecular complexity index is 569. The van der Waals surface area contributed by atoms with Gasteiger partial charge < -0.3 is 9.80 Å². The Kier molecular flexibility index (Phi) is 5.91. The van der Waals surface area contributed by atoms with Crippen LogP contribution >= 0.6 is 0 Å². The zero-order valence-electron chi connectivity index (χ0n) is 15.2. The lowest BCUT2D eigenvalue weighted by molar-refractivity contribution is -0.131. The van der Waals surface area contributed by atoms with Gasteiger partial charge in [-0.05, 0) is 56.9 Å². The summed E-state index contributed by atoms with van der Waals surface area (Å²) in [4.78, 5) is 16.9. The van der Waals surface area contributed by atoms with Crippen molar-refractivity contribution in [1.29, 1.82) is 0 Å². The third kappa shape index (κ3) is 4.50. The number of halogens is 1. The maximum atomic E-state index is 13.1. The van der Waals surface area contributed by atoms with E-state index in [1.165, 1.54) is 12.1 Å². The van der Waals surface area contributed by atoms with Crippen LogP contribution in [-0.4, -0.2) is 49.1 Å². The monoisotopic (exact) mass is 348 g/mol. The van der Waals surface area contributed by atoms with Gasteiger partial charge >= 0.3 is 0 Å². The molecule has 2 atom stereocenters. The quantitative estimate of drug-likeness (QED) is 0.875. The Morgan fingerprint density at radius 3 is 2.44 bits per heavy atom. The first kappa shape index (κ1) is 18.1. The fourth-order valence-electron chi connectivity index (χ4n) is 3.94. The highest BCUT2D eigenvalue weighted by Gasteiger charge is 2.30. The molecule has 1 aromatic rings. The molecule has 2 heterocycles. The minimum Gasteiger partial charge on any atom is -0.370 e. The molecule has 2 saturated heterocycles. The SMILES string of the molecule is CC1NNC(C)C1CCC(=O)N1CCCN(c2ccc(F)cc2)CC1. The molecule has 2 aliphatic rings. The van der Waals surface area contributed by atoms with E-state index in [-0.39, 0.29) is 11.7 Å². The van der Waals surface area contributed by atoms with Crippen molar-refractivity contribution in [2.45, 2.75) is 45.2 Å². The van der Waals surface area contributed by atoms with Crippen molar-refractivity contribution in [1.82, 2.24) is 15.8 Å². The molecule has 2 aliphatic heterocycles. The van der Waals surface area contributed by atoms with E-state index in [0.717, 1.165) is 44.7 Å². The van der Waals surface area contributed by atoms with Gasteiger partial charge in [0.25, 0.3) is 0 Å². The number of hydrogen-bond donors (Lipinski definition) is 2. The molecule has 2 N–H and O–H groups in total. The predicted octanol–water partition coefficient (Wildman–Crippen LogP) is 2.15. The minimum absolute atomic E-state index is 0.213. The highest BCUT2D eigenvalue weighted by Crippen LogP contribution is 2.21. The normalized spacial score (nSPS) is 27.4. The molecular formula is C19H29FN4O. The van der Waals surface area contributed by atoms with Crippen molar-refractivity contribution in [3.63, 3.8) is 0 Å². The van der Waals surface area contributed by atoms with Crippen LogP contribution in [0.5, 0.6) is 0 Å². The number of carbonyl (C=O) groups is 1. The number of rotatable bonds is 4. The van der Waals surface area contributed by atoms with Crippen LogP contribution in [0.25, 0.3) is 0 Å². The van der Waals surface area contributed by atoms with E-state index < -0.39 is 0 Å². The number of hydrazine groups is 1. The first-order chi connectivity index (χ1) is 12.0. The summed E-state index contributed by atoms with van der Waals surface area (Å²) in [5, 5.41) is 0. The predicted molar refractivity (Wildman–Crippen MR) is 97.7 cm³/mol. The van der Waals surface area contributed by atoms with E-state index in [0.29, 0.717) is 24.4 Å². The summed E-state index contributed by atoms with van der Waals surface area (Å²) >= 11 is 0. The van der Waals surface area contributed by atoms with Gasteiger partial charge in [0.2, 0.25) is 5.91 Å². The molecule has 5 nitrogen and oxygen atoms in total. The third-order valence-electron chi connectivity index (χ3n) is 5.56. The van der Waals surface area contributed by atoms with Gasteiger partial charge in [-0.25, -0.2) is 4.39 Å². The third-order valence-corrected chi connectivity index (χ3v) is 5.56. The van der Waals surface area contributed by atoms with Crippen molar-refractivity contribution in [2.75, 3.05) is 31.1 Å². The van der Waals surface area contributed by atoms with Gasteiger partial charge in [-0.2, -0.15) is 0 Å². The number of nitrogens with one attached hydrogen (secondary N) is 2. The molecule has 138 valence electrons. The molecule has 0 aliphatic carbocycles. The molecule has 1 amide bonds. The van der Waals surface area contributed by atoms with Crippen LogP contribution in [0.2, 0.25) is 0 Å². The standard InChI is InChI=1S/C19H29FN4O/c1-14-18(15(2)22-21-14)8-9-19(25)24-11-3-10-23(12-13-24)17-6-4-16(20)5-7-17/h4-7,14-15,18,21-22H,3,8-13H2,1-2H3. The Hall–Kier alpha value is -1.66. The molecule has 2 fully saturated rings. The lowest BCUT2D eigenvalue weighted by Crippen LogP contribution is -2.36. The van der Waals surface area contributed by atoms with Gasteiger partial charge in [0.1, 0.15) is 5.82 Å². The maximum absolute atomic E-state index is 13.1. The highest BCUT2D eigenvalue weighted by molar-refractivity contribution is 5.76. The lowest BCUT2D eigenvalue weighted by atomic mass is 9.91. The fourth-order valence-corrected chi connectivity index (χ4v) is 3.94. The number of nitrogens with zero attached hydrogens (tertiary/aromatic N) is 2. The Labute approximate surface area is 149 Å². The lowest BCUT2D eigenvalue weighted by Gasteiger charge is -2.24. The van der Waals surface area contributed by atoms with Crippen LogP contribution in [0, 0.1) is 11.7 Å². The summed E-state index contributed by atoms with van der Waals surface area (Å²) in [6.45, 7) is 7.58. The van der Waals surface area contributed by atoms with Crippen LogP contribution in [-0.2, 0) is 4.79 Å². The second-order valence-corrected chi connectivity index (χ2v) is 7.27. The first-order valence-electron chi connectivity index (χ1n) is 9.34. The number of anilines is 1. The van der Waals surface area contributed by atoms with Crippen LogP contribution in [0.15, 0.2) is 24.3 Å². The van der Waals surface area contributed by atoms with E-state index in [9.17, 15) is 9.18 Å². The number of hydrogen-bond acceptors (Lipinski definition) is 4. The average Bonchev–Trinajstić information content (AvgIpc) is 2.80. The summed E-state index contributed by atoms with van der Waals surface area (Å²) in [7, 11) is 0. The van der Waals surface area contributed by atoms with Crippen molar-refractivity contribution in [3.05, 3.63) is 30.1 Å². The summed E-state index contributed by atoms with van der Waals surface area (Å²) in [6.07, 6.45) is 2.47. The largest absolute Gasteiger partial charge is 0.370 e. The molecule has 6 heteroatoms. The minimum atomic E-state index is -0.213. The van der Waals surface area contributed by atoms with Crippen molar-refractivity contribution in [3.8, 4) is 0 Å². The average molecular weight is 348 g/mol. The van der Waals surface area contributed by atoms with Crippen LogP contribution in [0.1, 0.15) is 33.1 Å². The van der Waals surface area contributed by atoms with Crippen molar-refractivity contribution < 1.29 is 9.18 Å². The van der Waals surface area contributed by atoms with Crippen LogP contribution in [0.3, 0.4) is 0 Å². The second kappa shape index (κ2) is 8.15. The molecule has 3 rings (SSSR count). The summed E-state index contributed by atoms with van der Waals surface area (Å²) in [5.74, 6) is 0.536. The maximum Gasteiger partial charge on any atom is 0.222 e. The molecule has 0 saturated carbocycles. The Morgan fingerprint density at radius 1 is 1.08 bits per heavy atom. The number of amides is 1. The topological polar surface area (TPSA) is 47.6 Å². The second-order valence-electron chi connectivity index (χ2n) is 7.27.